The topological polar surface area (TPSA) is 24.4 Å². The molecule has 0 bridgehead atoms. The zero-order valence-electron chi connectivity index (χ0n) is 15.0. The van der Waals surface area contributed by atoms with Gasteiger partial charge in [-0.25, -0.2) is 4.99 Å². The van der Waals surface area contributed by atoms with E-state index in [0.717, 1.165) is 27.0 Å². The van der Waals surface area contributed by atoms with Crippen LogP contribution in [0, 0.1) is 0 Å². The maximum absolute atomic E-state index is 5.00. The molecule has 0 fully saturated rings. The van der Waals surface area contributed by atoms with E-state index in [9.17, 15) is 0 Å². The molecule has 138 valence electrons. The molecule has 2 aliphatic rings. The standard InChI is InChI=1S/C22H20Br2N2S/c1-27-22-25-20(15-7-11-18(24)12-8-15)19-4-2-3-16(21(19)26-22)13-14-5-9-17(23)10-6-14/h5-13,20H,2-4H2,1H3,(H,25,26)/b16-13-/t20-/m1/s1. The third-order valence-electron chi connectivity index (χ3n) is 4.93. The van der Waals surface area contributed by atoms with Crippen molar-refractivity contribution in [2.75, 3.05) is 6.26 Å². The van der Waals surface area contributed by atoms with E-state index in [-0.39, 0.29) is 6.04 Å². The Balaban J connectivity index is 1.76. The predicted molar refractivity (Wildman–Crippen MR) is 124 cm³/mol. The summed E-state index contributed by atoms with van der Waals surface area (Å²) in [7, 11) is 0. The number of hydrogen-bond acceptors (Lipinski definition) is 3. The summed E-state index contributed by atoms with van der Waals surface area (Å²) in [5.41, 5.74) is 6.55. The molecule has 2 nitrogen and oxygen atoms in total. The van der Waals surface area contributed by atoms with Gasteiger partial charge >= 0.3 is 0 Å². The van der Waals surface area contributed by atoms with Gasteiger partial charge in [0.1, 0.15) is 6.04 Å². The molecular weight excluding hydrogens is 484 g/mol. The van der Waals surface area contributed by atoms with Crippen LogP contribution in [0.3, 0.4) is 0 Å². The summed E-state index contributed by atoms with van der Waals surface area (Å²) < 4.78 is 2.21. The van der Waals surface area contributed by atoms with Gasteiger partial charge in [0.05, 0.1) is 0 Å². The molecule has 1 N–H and O–H groups in total. The molecule has 2 aromatic rings. The first-order chi connectivity index (χ1) is 13.1. The highest BCUT2D eigenvalue weighted by atomic mass is 79.9. The number of hydrogen-bond donors (Lipinski definition) is 1. The van der Waals surface area contributed by atoms with Crippen molar-refractivity contribution in [2.24, 2.45) is 4.99 Å². The molecule has 0 spiro atoms. The molecule has 1 heterocycles. The molecule has 0 radical (unpaired) electrons. The summed E-state index contributed by atoms with van der Waals surface area (Å²) >= 11 is 8.73. The highest BCUT2D eigenvalue weighted by Gasteiger charge is 2.29. The molecular formula is C22H20Br2N2S. The van der Waals surface area contributed by atoms with Crippen LogP contribution in [0.25, 0.3) is 6.08 Å². The lowest BCUT2D eigenvalue weighted by molar-refractivity contribution is 0.659. The first-order valence-electron chi connectivity index (χ1n) is 8.98. The third kappa shape index (κ3) is 4.25. The maximum atomic E-state index is 5.00. The van der Waals surface area contributed by atoms with Crippen LogP contribution < -0.4 is 5.32 Å². The van der Waals surface area contributed by atoms with Gasteiger partial charge in [-0.15, -0.1) is 0 Å². The molecule has 0 saturated heterocycles. The van der Waals surface area contributed by atoms with Crippen molar-refractivity contribution in [3.05, 3.63) is 85.4 Å². The molecule has 2 aromatic carbocycles. The Hall–Kier alpha value is -1.30. The van der Waals surface area contributed by atoms with Crippen molar-refractivity contribution in [3.63, 3.8) is 0 Å². The second-order valence-electron chi connectivity index (χ2n) is 6.69. The van der Waals surface area contributed by atoms with Crippen molar-refractivity contribution in [2.45, 2.75) is 25.3 Å². The van der Waals surface area contributed by atoms with Gasteiger partial charge in [0.25, 0.3) is 0 Å². The van der Waals surface area contributed by atoms with Gasteiger partial charge in [0, 0.05) is 14.6 Å². The lowest BCUT2D eigenvalue weighted by atomic mass is 9.84. The number of allylic oxidation sites excluding steroid dienone is 1. The summed E-state index contributed by atoms with van der Waals surface area (Å²) in [6.07, 6.45) is 7.75. The van der Waals surface area contributed by atoms with E-state index in [1.165, 1.54) is 34.4 Å². The van der Waals surface area contributed by atoms with Gasteiger partial charge in [0.15, 0.2) is 5.17 Å². The van der Waals surface area contributed by atoms with E-state index in [4.69, 9.17) is 4.99 Å². The van der Waals surface area contributed by atoms with E-state index in [1.54, 1.807) is 11.8 Å². The average molecular weight is 504 g/mol. The van der Waals surface area contributed by atoms with E-state index < -0.39 is 0 Å². The Bertz CT molecular complexity index is 928. The SMILES string of the molecule is CSC1=N[C@H](c2ccc(Br)cc2)C2=C(N1)/C(=C\c1ccc(Br)cc1)CCC2. The first-order valence-corrected chi connectivity index (χ1v) is 11.8. The average Bonchev–Trinajstić information content (AvgIpc) is 2.70. The minimum absolute atomic E-state index is 0.102. The quantitative estimate of drug-likeness (QED) is 0.472. The van der Waals surface area contributed by atoms with Crippen molar-refractivity contribution in [1.82, 2.24) is 5.32 Å². The van der Waals surface area contributed by atoms with Gasteiger partial charge in [-0.3, -0.25) is 0 Å². The zero-order valence-corrected chi connectivity index (χ0v) is 19.0. The molecule has 4 rings (SSSR count). The Kier molecular flexibility index (Phi) is 5.90. The van der Waals surface area contributed by atoms with Crippen molar-refractivity contribution >= 4 is 54.9 Å². The summed E-state index contributed by atoms with van der Waals surface area (Å²) in [6, 6.07) is 17.2. The number of aliphatic imine (C=N–C) groups is 1. The second-order valence-corrected chi connectivity index (χ2v) is 9.32. The van der Waals surface area contributed by atoms with E-state index in [0.29, 0.717) is 0 Å². The summed E-state index contributed by atoms with van der Waals surface area (Å²) in [6.45, 7) is 0. The number of halogens is 2. The molecule has 0 unspecified atom stereocenters. The molecule has 27 heavy (non-hydrogen) atoms. The minimum Gasteiger partial charge on any atom is -0.335 e. The Morgan fingerprint density at radius 2 is 1.67 bits per heavy atom. The molecule has 5 heteroatoms. The number of nitrogens with one attached hydrogen (secondary N) is 1. The normalized spacial score (nSPS) is 20.9. The fourth-order valence-electron chi connectivity index (χ4n) is 3.62. The highest BCUT2D eigenvalue weighted by molar-refractivity contribution is 9.10. The Labute approximate surface area is 181 Å². The minimum atomic E-state index is 0.102. The monoisotopic (exact) mass is 502 g/mol. The fraction of sp³-hybridized carbons (Fsp3) is 0.227. The number of rotatable bonds is 2. The molecule has 0 saturated carbocycles. The van der Waals surface area contributed by atoms with Crippen LogP contribution in [0.5, 0.6) is 0 Å². The zero-order chi connectivity index (χ0) is 18.8. The van der Waals surface area contributed by atoms with Gasteiger partial charge in [-0.2, -0.15) is 0 Å². The summed E-state index contributed by atoms with van der Waals surface area (Å²) in [5.74, 6) is 0. The fourth-order valence-corrected chi connectivity index (χ4v) is 4.57. The van der Waals surface area contributed by atoms with Crippen molar-refractivity contribution in [3.8, 4) is 0 Å². The van der Waals surface area contributed by atoms with E-state index in [2.05, 4.69) is 98.0 Å². The van der Waals surface area contributed by atoms with Crippen LogP contribution in [0.1, 0.15) is 36.4 Å². The first kappa shape index (κ1) is 19.0. The molecule has 0 aromatic heterocycles. The third-order valence-corrected chi connectivity index (χ3v) is 6.58. The number of nitrogens with zero attached hydrogens (tertiary/aromatic N) is 1. The second kappa shape index (κ2) is 8.38. The van der Waals surface area contributed by atoms with Crippen LogP contribution >= 0.6 is 43.6 Å². The largest absolute Gasteiger partial charge is 0.335 e. The lowest BCUT2D eigenvalue weighted by Gasteiger charge is -2.32. The lowest BCUT2D eigenvalue weighted by Crippen LogP contribution is -2.30. The molecule has 0 amide bonds. The van der Waals surface area contributed by atoms with E-state index in [1.807, 2.05) is 0 Å². The van der Waals surface area contributed by atoms with Gasteiger partial charge in [0.2, 0.25) is 0 Å². The van der Waals surface area contributed by atoms with Crippen molar-refractivity contribution < 1.29 is 0 Å². The smallest absolute Gasteiger partial charge is 0.161 e. The molecule has 1 atom stereocenters. The highest BCUT2D eigenvalue weighted by Crippen LogP contribution is 2.41. The number of amidine groups is 1. The van der Waals surface area contributed by atoms with Crippen LogP contribution in [0.2, 0.25) is 0 Å². The molecule has 1 aliphatic carbocycles. The predicted octanol–water partition coefficient (Wildman–Crippen LogP) is 7.10. The Morgan fingerprint density at radius 3 is 2.33 bits per heavy atom. The van der Waals surface area contributed by atoms with Gasteiger partial charge in [-0.1, -0.05) is 67.9 Å². The number of benzene rings is 2. The van der Waals surface area contributed by atoms with E-state index >= 15 is 0 Å². The Morgan fingerprint density at radius 1 is 1.00 bits per heavy atom. The number of thioether (sulfide) groups is 1. The van der Waals surface area contributed by atoms with Gasteiger partial charge < -0.3 is 5.32 Å². The summed E-state index contributed by atoms with van der Waals surface area (Å²) in [4.78, 5) is 5.00. The van der Waals surface area contributed by atoms with Crippen LogP contribution in [-0.2, 0) is 0 Å². The maximum Gasteiger partial charge on any atom is 0.161 e. The van der Waals surface area contributed by atoms with Gasteiger partial charge in [-0.05, 0) is 78.1 Å². The molecule has 1 aliphatic heterocycles. The summed E-state index contributed by atoms with van der Waals surface area (Å²) in [5, 5.41) is 4.59. The van der Waals surface area contributed by atoms with Crippen LogP contribution in [0.4, 0.5) is 0 Å². The van der Waals surface area contributed by atoms with Crippen LogP contribution in [0.15, 0.2) is 79.3 Å². The van der Waals surface area contributed by atoms with Crippen LogP contribution in [-0.4, -0.2) is 11.4 Å². The van der Waals surface area contributed by atoms with Crippen molar-refractivity contribution in [1.29, 1.82) is 0 Å².